The minimum Gasteiger partial charge on any atom is -0.462 e. The molecule has 104 valence electrons. The number of hydrogen-bond donors (Lipinski definition) is 1. The van der Waals surface area contributed by atoms with Gasteiger partial charge in [-0.15, -0.1) is 0 Å². The SMILES string of the molecule is CNCc1ccc(COCCCOCCOC)o1. The Hall–Kier alpha value is -0.880. The van der Waals surface area contributed by atoms with Crippen LogP contribution in [0.2, 0.25) is 0 Å². The van der Waals surface area contributed by atoms with Gasteiger partial charge < -0.3 is 23.9 Å². The predicted molar refractivity (Wildman–Crippen MR) is 68.4 cm³/mol. The number of ether oxygens (including phenoxy) is 3. The average molecular weight is 257 g/mol. The molecular formula is C13H23NO4. The highest BCUT2D eigenvalue weighted by Crippen LogP contribution is 2.08. The molecule has 1 heterocycles. The van der Waals surface area contributed by atoms with Crippen LogP contribution < -0.4 is 5.32 Å². The molecule has 0 unspecified atom stereocenters. The second-order valence-electron chi connectivity index (χ2n) is 3.91. The Kier molecular flexibility index (Phi) is 8.50. The van der Waals surface area contributed by atoms with Crippen LogP contribution in [0.3, 0.4) is 0 Å². The van der Waals surface area contributed by atoms with Crippen LogP contribution in [0.25, 0.3) is 0 Å². The Balaban J connectivity index is 1.96. The van der Waals surface area contributed by atoms with Crippen molar-refractivity contribution in [3.05, 3.63) is 23.7 Å². The molecular weight excluding hydrogens is 234 g/mol. The van der Waals surface area contributed by atoms with Crippen LogP contribution in [0.15, 0.2) is 16.5 Å². The zero-order chi connectivity index (χ0) is 13.1. The third kappa shape index (κ3) is 6.76. The van der Waals surface area contributed by atoms with E-state index in [1.165, 1.54) is 0 Å². The summed E-state index contributed by atoms with van der Waals surface area (Å²) in [6.45, 7) is 3.92. The van der Waals surface area contributed by atoms with Crippen LogP contribution in [-0.2, 0) is 27.4 Å². The molecule has 18 heavy (non-hydrogen) atoms. The number of methoxy groups -OCH3 is 1. The van der Waals surface area contributed by atoms with E-state index in [0.29, 0.717) is 33.0 Å². The van der Waals surface area contributed by atoms with Gasteiger partial charge in [0.15, 0.2) is 0 Å². The molecule has 5 nitrogen and oxygen atoms in total. The van der Waals surface area contributed by atoms with E-state index in [1.807, 2.05) is 19.2 Å². The van der Waals surface area contributed by atoms with Crippen molar-refractivity contribution >= 4 is 0 Å². The highest BCUT2D eigenvalue weighted by atomic mass is 16.5. The van der Waals surface area contributed by atoms with E-state index in [-0.39, 0.29) is 0 Å². The molecule has 0 bridgehead atoms. The fraction of sp³-hybridized carbons (Fsp3) is 0.692. The molecule has 0 aliphatic carbocycles. The van der Waals surface area contributed by atoms with Gasteiger partial charge in [0, 0.05) is 20.3 Å². The molecule has 1 aromatic heterocycles. The van der Waals surface area contributed by atoms with Crippen molar-refractivity contribution in [3.63, 3.8) is 0 Å². The molecule has 0 spiro atoms. The van der Waals surface area contributed by atoms with E-state index < -0.39 is 0 Å². The lowest BCUT2D eigenvalue weighted by Gasteiger charge is -2.04. The Morgan fingerprint density at radius 2 is 1.83 bits per heavy atom. The van der Waals surface area contributed by atoms with E-state index in [2.05, 4.69) is 5.32 Å². The number of nitrogens with one attached hydrogen (secondary N) is 1. The summed E-state index contributed by atoms with van der Waals surface area (Å²) in [7, 11) is 3.56. The van der Waals surface area contributed by atoms with Crippen molar-refractivity contribution in [2.45, 2.75) is 19.6 Å². The van der Waals surface area contributed by atoms with Crippen molar-refractivity contribution in [2.75, 3.05) is 40.6 Å². The van der Waals surface area contributed by atoms with Gasteiger partial charge in [0.1, 0.15) is 18.1 Å². The largest absolute Gasteiger partial charge is 0.462 e. The van der Waals surface area contributed by atoms with Crippen LogP contribution in [0.1, 0.15) is 17.9 Å². The van der Waals surface area contributed by atoms with Crippen molar-refractivity contribution in [3.8, 4) is 0 Å². The van der Waals surface area contributed by atoms with Gasteiger partial charge >= 0.3 is 0 Å². The quantitative estimate of drug-likeness (QED) is 0.610. The maximum absolute atomic E-state index is 5.55. The Labute approximate surface area is 108 Å². The van der Waals surface area contributed by atoms with Gasteiger partial charge in [-0.3, -0.25) is 0 Å². The Bertz CT molecular complexity index is 301. The molecule has 0 amide bonds. The number of furan rings is 1. The summed E-state index contributed by atoms with van der Waals surface area (Å²) in [4.78, 5) is 0. The Morgan fingerprint density at radius 1 is 1.06 bits per heavy atom. The van der Waals surface area contributed by atoms with Crippen molar-refractivity contribution in [2.24, 2.45) is 0 Å². The van der Waals surface area contributed by atoms with E-state index >= 15 is 0 Å². The standard InChI is InChI=1S/C13H23NO4/c1-14-10-12-4-5-13(18-12)11-17-7-3-6-16-9-8-15-2/h4-5,14H,3,6-11H2,1-2H3. The van der Waals surface area contributed by atoms with Gasteiger partial charge in [-0.2, -0.15) is 0 Å². The van der Waals surface area contributed by atoms with Crippen LogP contribution in [-0.4, -0.2) is 40.6 Å². The van der Waals surface area contributed by atoms with E-state index in [9.17, 15) is 0 Å². The zero-order valence-electron chi connectivity index (χ0n) is 11.2. The molecule has 0 aromatic carbocycles. The van der Waals surface area contributed by atoms with E-state index in [1.54, 1.807) is 7.11 Å². The van der Waals surface area contributed by atoms with Crippen LogP contribution in [0.4, 0.5) is 0 Å². The highest BCUT2D eigenvalue weighted by Gasteiger charge is 2.01. The van der Waals surface area contributed by atoms with Gasteiger partial charge in [0.05, 0.1) is 19.8 Å². The van der Waals surface area contributed by atoms with Crippen LogP contribution in [0, 0.1) is 0 Å². The smallest absolute Gasteiger partial charge is 0.129 e. The summed E-state index contributed by atoms with van der Waals surface area (Å²) >= 11 is 0. The monoisotopic (exact) mass is 257 g/mol. The predicted octanol–water partition coefficient (Wildman–Crippen LogP) is 1.57. The molecule has 0 fully saturated rings. The lowest BCUT2D eigenvalue weighted by atomic mass is 10.4. The first kappa shape index (κ1) is 15.2. The second kappa shape index (κ2) is 10.1. The fourth-order valence-electron chi connectivity index (χ4n) is 1.45. The topological polar surface area (TPSA) is 52.9 Å². The summed E-state index contributed by atoms with van der Waals surface area (Å²) in [5.41, 5.74) is 0. The van der Waals surface area contributed by atoms with Gasteiger partial charge in [-0.05, 0) is 25.6 Å². The lowest BCUT2D eigenvalue weighted by molar-refractivity contribution is 0.0451. The first-order valence-electron chi connectivity index (χ1n) is 6.23. The minimum absolute atomic E-state index is 0.516. The van der Waals surface area contributed by atoms with E-state index in [0.717, 1.165) is 24.5 Å². The van der Waals surface area contributed by atoms with Crippen molar-refractivity contribution < 1.29 is 18.6 Å². The number of rotatable bonds is 11. The molecule has 1 aromatic rings. The molecule has 0 atom stereocenters. The third-order valence-corrected chi connectivity index (χ3v) is 2.32. The molecule has 0 aliphatic heterocycles. The minimum atomic E-state index is 0.516. The lowest BCUT2D eigenvalue weighted by Crippen LogP contribution is -2.05. The molecule has 1 N–H and O–H groups in total. The van der Waals surface area contributed by atoms with Crippen molar-refractivity contribution in [1.82, 2.24) is 5.32 Å². The average Bonchev–Trinajstić information content (AvgIpc) is 2.81. The third-order valence-electron chi connectivity index (χ3n) is 2.32. The summed E-state index contributed by atoms with van der Waals surface area (Å²) in [6.07, 6.45) is 0.883. The summed E-state index contributed by atoms with van der Waals surface area (Å²) < 4.78 is 21.2. The highest BCUT2D eigenvalue weighted by molar-refractivity contribution is 5.06. The van der Waals surface area contributed by atoms with Crippen LogP contribution in [0.5, 0.6) is 0 Å². The fourth-order valence-corrected chi connectivity index (χ4v) is 1.45. The zero-order valence-corrected chi connectivity index (χ0v) is 11.2. The normalized spacial score (nSPS) is 11.0. The van der Waals surface area contributed by atoms with Crippen LogP contribution >= 0.6 is 0 Å². The van der Waals surface area contributed by atoms with Gasteiger partial charge in [0.2, 0.25) is 0 Å². The molecule has 0 saturated heterocycles. The first-order valence-corrected chi connectivity index (χ1v) is 6.23. The molecule has 0 radical (unpaired) electrons. The molecule has 1 rings (SSSR count). The molecule has 0 aliphatic rings. The Morgan fingerprint density at radius 3 is 2.61 bits per heavy atom. The second-order valence-corrected chi connectivity index (χ2v) is 3.91. The molecule has 0 saturated carbocycles. The maximum Gasteiger partial charge on any atom is 0.129 e. The summed E-state index contributed by atoms with van der Waals surface area (Å²) in [5, 5.41) is 3.04. The van der Waals surface area contributed by atoms with Crippen molar-refractivity contribution in [1.29, 1.82) is 0 Å². The number of hydrogen-bond acceptors (Lipinski definition) is 5. The maximum atomic E-state index is 5.55. The van der Waals surface area contributed by atoms with Gasteiger partial charge in [0.25, 0.3) is 0 Å². The van der Waals surface area contributed by atoms with Gasteiger partial charge in [-0.1, -0.05) is 0 Å². The summed E-state index contributed by atoms with van der Waals surface area (Å²) in [5.74, 6) is 1.79. The molecule has 5 heteroatoms. The van der Waals surface area contributed by atoms with Gasteiger partial charge in [-0.25, -0.2) is 0 Å². The summed E-state index contributed by atoms with van der Waals surface area (Å²) in [6, 6.07) is 3.91. The first-order chi connectivity index (χ1) is 8.86. The van der Waals surface area contributed by atoms with E-state index in [4.69, 9.17) is 18.6 Å².